The molecule has 0 fully saturated rings. The number of rotatable bonds is 3. The molecule has 0 spiro atoms. The Kier molecular flexibility index (Phi) is 3.19. The monoisotopic (exact) mass is 199 g/mol. The van der Waals surface area contributed by atoms with Crippen molar-refractivity contribution in [2.75, 3.05) is 5.75 Å². The molecule has 1 rings (SSSR count). The van der Waals surface area contributed by atoms with Crippen LogP contribution in [0.15, 0.2) is 30.3 Å². The lowest BCUT2D eigenvalue weighted by atomic mass is 9.96. The second kappa shape index (κ2) is 4.00. The molecule has 0 aliphatic heterocycles. The van der Waals surface area contributed by atoms with Gasteiger partial charge in [-0.05, 0) is 12.5 Å². The molecule has 1 aromatic carbocycles. The number of benzene rings is 1. The molecule has 0 saturated heterocycles. The Bertz CT molecular complexity index is 298. The first kappa shape index (κ1) is 10.4. The molecule has 0 aliphatic carbocycles. The van der Waals surface area contributed by atoms with Gasteiger partial charge in [0.15, 0.2) is 11.1 Å². The van der Waals surface area contributed by atoms with Gasteiger partial charge in [-0.3, -0.25) is 0 Å². The molecule has 0 saturated carbocycles. The zero-order chi connectivity index (χ0) is 9.90. The summed E-state index contributed by atoms with van der Waals surface area (Å²) in [5, 5.41) is 0. The Morgan fingerprint density at radius 1 is 1.46 bits per heavy atom. The van der Waals surface area contributed by atoms with Gasteiger partial charge in [-0.25, -0.2) is 4.21 Å². The van der Waals surface area contributed by atoms with Crippen molar-refractivity contribution < 1.29 is 8.76 Å². The molecule has 2 atom stereocenters. The molecule has 72 valence electrons. The van der Waals surface area contributed by atoms with Gasteiger partial charge in [0.05, 0.1) is 11.3 Å². The van der Waals surface area contributed by atoms with E-state index in [1.54, 1.807) is 6.92 Å². The molecule has 0 radical (unpaired) electrons. The van der Waals surface area contributed by atoms with Gasteiger partial charge in [0.1, 0.15) is 0 Å². The van der Waals surface area contributed by atoms with E-state index in [2.05, 4.69) is 0 Å². The quantitative estimate of drug-likeness (QED) is 0.716. The standard InChI is InChI=1S/C9H13NO2S/c1-9(10,7-13(11)12)8-5-3-2-4-6-8/h2-6H,7,10H2,1H3,(H,11,12). The van der Waals surface area contributed by atoms with E-state index in [1.807, 2.05) is 30.3 Å². The summed E-state index contributed by atoms with van der Waals surface area (Å²) in [4.78, 5) is 0. The first-order valence-electron chi connectivity index (χ1n) is 3.94. The second-order valence-electron chi connectivity index (χ2n) is 3.25. The lowest BCUT2D eigenvalue weighted by molar-refractivity contribution is 0.511. The Hall–Kier alpha value is -0.710. The van der Waals surface area contributed by atoms with Crippen molar-refractivity contribution in [3.05, 3.63) is 35.9 Å². The molecular weight excluding hydrogens is 186 g/mol. The summed E-state index contributed by atoms with van der Waals surface area (Å²) >= 11 is -1.86. The summed E-state index contributed by atoms with van der Waals surface area (Å²) in [6.07, 6.45) is 0. The maximum Gasteiger partial charge on any atom is 0.155 e. The Balaban J connectivity index is 2.87. The van der Waals surface area contributed by atoms with Gasteiger partial charge in [-0.2, -0.15) is 0 Å². The maximum atomic E-state index is 10.6. The molecule has 0 aromatic heterocycles. The predicted molar refractivity (Wildman–Crippen MR) is 53.6 cm³/mol. The van der Waals surface area contributed by atoms with Gasteiger partial charge in [0.25, 0.3) is 0 Å². The van der Waals surface area contributed by atoms with Crippen molar-refractivity contribution in [2.24, 2.45) is 5.73 Å². The average Bonchev–Trinajstić information content (AvgIpc) is 2.04. The van der Waals surface area contributed by atoms with Crippen LogP contribution in [0, 0.1) is 0 Å². The van der Waals surface area contributed by atoms with Crippen LogP contribution < -0.4 is 5.73 Å². The molecule has 13 heavy (non-hydrogen) atoms. The highest BCUT2D eigenvalue weighted by molar-refractivity contribution is 7.79. The Morgan fingerprint density at radius 2 is 2.00 bits per heavy atom. The normalized spacial score (nSPS) is 17.8. The lowest BCUT2D eigenvalue weighted by Gasteiger charge is -2.22. The highest BCUT2D eigenvalue weighted by Gasteiger charge is 2.23. The fourth-order valence-corrected chi connectivity index (χ4v) is 1.84. The second-order valence-corrected chi connectivity index (χ2v) is 4.18. The third-order valence-corrected chi connectivity index (χ3v) is 2.70. The van der Waals surface area contributed by atoms with E-state index < -0.39 is 16.6 Å². The van der Waals surface area contributed by atoms with Gasteiger partial charge in [-0.1, -0.05) is 30.3 Å². The Labute approximate surface area is 80.2 Å². The molecule has 0 aliphatic rings. The largest absolute Gasteiger partial charge is 0.321 e. The van der Waals surface area contributed by atoms with Crippen LogP contribution in [0.3, 0.4) is 0 Å². The maximum absolute atomic E-state index is 10.6. The van der Waals surface area contributed by atoms with Crippen LogP contribution in [0.2, 0.25) is 0 Å². The van der Waals surface area contributed by atoms with Crippen molar-refractivity contribution in [3.63, 3.8) is 0 Å². The third kappa shape index (κ3) is 2.91. The van der Waals surface area contributed by atoms with Crippen LogP contribution >= 0.6 is 0 Å². The van der Waals surface area contributed by atoms with Gasteiger partial charge >= 0.3 is 0 Å². The summed E-state index contributed by atoms with van der Waals surface area (Å²) in [7, 11) is 0. The van der Waals surface area contributed by atoms with E-state index in [9.17, 15) is 4.21 Å². The zero-order valence-corrected chi connectivity index (χ0v) is 8.25. The third-order valence-electron chi connectivity index (χ3n) is 1.86. The fourth-order valence-electron chi connectivity index (χ4n) is 1.16. The molecule has 3 N–H and O–H groups in total. The summed E-state index contributed by atoms with van der Waals surface area (Å²) in [5.41, 5.74) is 6.02. The summed E-state index contributed by atoms with van der Waals surface area (Å²) < 4.78 is 19.4. The Morgan fingerprint density at radius 3 is 2.46 bits per heavy atom. The van der Waals surface area contributed by atoms with Crippen molar-refractivity contribution in [1.29, 1.82) is 0 Å². The molecule has 4 heteroatoms. The van der Waals surface area contributed by atoms with E-state index in [0.717, 1.165) is 5.56 Å². The summed E-state index contributed by atoms with van der Waals surface area (Å²) in [6, 6.07) is 9.32. The molecule has 0 amide bonds. The number of hydrogen-bond acceptors (Lipinski definition) is 2. The minimum Gasteiger partial charge on any atom is -0.321 e. The fraction of sp³-hybridized carbons (Fsp3) is 0.333. The van der Waals surface area contributed by atoms with E-state index in [1.165, 1.54) is 0 Å². The molecule has 0 bridgehead atoms. The summed E-state index contributed by atoms with van der Waals surface area (Å²) in [6.45, 7) is 1.75. The van der Waals surface area contributed by atoms with Crippen LogP contribution in [-0.2, 0) is 16.6 Å². The van der Waals surface area contributed by atoms with E-state index in [-0.39, 0.29) is 5.75 Å². The molecule has 2 unspecified atom stereocenters. The van der Waals surface area contributed by atoms with Crippen LogP contribution in [0.25, 0.3) is 0 Å². The molecule has 0 heterocycles. The van der Waals surface area contributed by atoms with Gasteiger partial charge in [0, 0.05) is 0 Å². The van der Waals surface area contributed by atoms with Crippen molar-refractivity contribution in [3.8, 4) is 0 Å². The number of hydrogen-bond donors (Lipinski definition) is 2. The van der Waals surface area contributed by atoms with Gasteiger partial charge in [-0.15, -0.1) is 0 Å². The first-order valence-corrected chi connectivity index (χ1v) is 5.22. The predicted octanol–water partition coefficient (Wildman–Crippen LogP) is 1.08. The number of nitrogens with two attached hydrogens (primary N) is 1. The summed E-state index contributed by atoms with van der Waals surface area (Å²) in [5.74, 6) is 0.0526. The van der Waals surface area contributed by atoms with Crippen LogP contribution in [0.5, 0.6) is 0 Å². The smallest absolute Gasteiger partial charge is 0.155 e. The van der Waals surface area contributed by atoms with Crippen LogP contribution in [-0.4, -0.2) is 14.5 Å². The molecule has 1 aromatic rings. The van der Waals surface area contributed by atoms with E-state index in [4.69, 9.17) is 10.3 Å². The van der Waals surface area contributed by atoms with Gasteiger partial charge < -0.3 is 10.3 Å². The van der Waals surface area contributed by atoms with Crippen molar-refractivity contribution >= 4 is 11.1 Å². The minimum atomic E-state index is -1.86. The molecular formula is C9H13NO2S. The molecule has 3 nitrogen and oxygen atoms in total. The highest BCUT2D eigenvalue weighted by atomic mass is 32.2. The van der Waals surface area contributed by atoms with Crippen molar-refractivity contribution in [1.82, 2.24) is 0 Å². The SMILES string of the molecule is CC(N)(CS(=O)O)c1ccccc1. The first-order chi connectivity index (χ1) is 6.02. The van der Waals surface area contributed by atoms with Crippen molar-refractivity contribution in [2.45, 2.75) is 12.5 Å². The zero-order valence-electron chi connectivity index (χ0n) is 7.43. The van der Waals surface area contributed by atoms with Crippen LogP contribution in [0.1, 0.15) is 12.5 Å². The lowest BCUT2D eigenvalue weighted by Crippen LogP contribution is -2.38. The van der Waals surface area contributed by atoms with E-state index >= 15 is 0 Å². The van der Waals surface area contributed by atoms with E-state index in [0.29, 0.717) is 0 Å². The highest BCUT2D eigenvalue weighted by Crippen LogP contribution is 2.17. The van der Waals surface area contributed by atoms with Gasteiger partial charge in [0.2, 0.25) is 0 Å². The topological polar surface area (TPSA) is 63.3 Å². The van der Waals surface area contributed by atoms with Crippen LogP contribution in [0.4, 0.5) is 0 Å². The average molecular weight is 199 g/mol. The minimum absolute atomic E-state index is 0.0526.